The predicted octanol–water partition coefficient (Wildman–Crippen LogP) is 1.73. The molecule has 0 spiro atoms. The van der Waals surface area contributed by atoms with Gasteiger partial charge in [0.05, 0.1) is 13.2 Å². The second-order valence-corrected chi connectivity index (χ2v) is 4.87. The van der Waals surface area contributed by atoms with Crippen molar-refractivity contribution in [1.82, 2.24) is 10.6 Å². The number of halogens is 2. The zero-order valence-corrected chi connectivity index (χ0v) is 13.7. The summed E-state index contributed by atoms with van der Waals surface area (Å²) in [5, 5.41) is 6.23. The Balaban J connectivity index is 2.16. The molecule has 23 heavy (non-hydrogen) atoms. The van der Waals surface area contributed by atoms with Crippen LogP contribution in [0.2, 0.25) is 0 Å². The first-order valence-corrected chi connectivity index (χ1v) is 7.62. The zero-order chi connectivity index (χ0) is 16.9. The average molecular weight is 329 g/mol. The summed E-state index contributed by atoms with van der Waals surface area (Å²) in [6, 6.07) is 3.61. The Bertz CT molecular complexity index is 484. The molecule has 5 nitrogen and oxygen atoms in total. The van der Waals surface area contributed by atoms with E-state index >= 15 is 0 Å². The van der Waals surface area contributed by atoms with E-state index < -0.39 is 11.6 Å². The van der Waals surface area contributed by atoms with Crippen molar-refractivity contribution in [1.29, 1.82) is 0 Å². The van der Waals surface area contributed by atoms with Crippen molar-refractivity contribution in [3.05, 3.63) is 35.4 Å². The lowest BCUT2D eigenvalue weighted by Gasteiger charge is -2.12. The van der Waals surface area contributed by atoms with Crippen LogP contribution in [-0.4, -0.2) is 53.0 Å². The molecule has 0 saturated heterocycles. The van der Waals surface area contributed by atoms with Crippen LogP contribution in [0.1, 0.15) is 12.0 Å². The molecule has 0 bridgehead atoms. The van der Waals surface area contributed by atoms with E-state index in [0.29, 0.717) is 44.3 Å². The number of hydrogen-bond acceptors (Lipinski definition) is 3. The topological polar surface area (TPSA) is 54.9 Å². The zero-order valence-electron chi connectivity index (χ0n) is 13.7. The van der Waals surface area contributed by atoms with E-state index in [2.05, 4.69) is 15.6 Å². The lowest BCUT2D eigenvalue weighted by atomic mass is 10.1. The summed E-state index contributed by atoms with van der Waals surface area (Å²) in [5.74, 6) is -0.447. The number of hydrogen-bond donors (Lipinski definition) is 2. The fraction of sp³-hybridized carbons (Fsp3) is 0.562. The maximum Gasteiger partial charge on any atom is 0.190 e. The van der Waals surface area contributed by atoms with Gasteiger partial charge in [-0.25, -0.2) is 8.78 Å². The molecule has 0 aliphatic rings. The standard InChI is InChI=1S/C16H25F2N3O2/c1-19-16(20-7-3-9-23-11-10-22-2)21-8-6-13-4-5-14(17)12-15(13)18/h4-5,12H,3,6-11H2,1-2H3,(H2,19,20,21). The molecule has 0 unspecified atom stereocenters. The molecule has 0 aliphatic heterocycles. The molecule has 2 N–H and O–H groups in total. The van der Waals surface area contributed by atoms with Gasteiger partial charge >= 0.3 is 0 Å². The van der Waals surface area contributed by atoms with Crippen molar-refractivity contribution in [3.63, 3.8) is 0 Å². The van der Waals surface area contributed by atoms with Crippen molar-refractivity contribution in [2.24, 2.45) is 4.99 Å². The van der Waals surface area contributed by atoms with E-state index in [9.17, 15) is 8.78 Å². The van der Waals surface area contributed by atoms with E-state index in [1.807, 2.05) is 0 Å². The van der Waals surface area contributed by atoms with Gasteiger partial charge in [0.1, 0.15) is 11.6 Å². The molecule has 0 fully saturated rings. The largest absolute Gasteiger partial charge is 0.382 e. The molecule has 1 rings (SSSR count). The van der Waals surface area contributed by atoms with Crippen molar-refractivity contribution in [2.75, 3.05) is 47.1 Å². The molecule has 0 aliphatic carbocycles. The second kappa shape index (κ2) is 11.8. The van der Waals surface area contributed by atoms with E-state index in [4.69, 9.17) is 9.47 Å². The molecule has 0 saturated carbocycles. The third-order valence-corrected chi connectivity index (χ3v) is 3.12. The van der Waals surface area contributed by atoms with Gasteiger partial charge in [0, 0.05) is 39.9 Å². The van der Waals surface area contributed by atoms with Gasteiger partial charge in [0.25, 0.3) is 0 Å². The molecule has 0 atom stereocenters. The molecule has 0 radical (unpaired) electrons. The summed E-state index contributed by atoms with van der Waals surface area (Å²) in [5.41, 5.74) is 0.473. The summed E-state index contributed by atoms with van der Waals surface area (Å²) in [4.78, 5) is 4.08. The van der Waals surface area contributed by atoms with Gasteiger partial charge < -0.3 is 20.1 Å². The van der Waals surface area contributed by atoms with Gasteiger partial charge in [-0.1, -0.05) is 6.07 Å². The minimum Gasteiger partial charge on any atom is -0.382 e. The van der Waals surface area contributed by atoms with Gasteiger partial charge in [-0.05, 0) is 24.5 Å². The van der Waals surface area contributed by atoms with E-state index in [0.717, 1.165) is 19.0 Å². The highest BCUT2D eigenvalue weighted by atomic mass is 19.1. The SMILES string of the molecule is CN=C(NCCCOCCOC)NCCc1ccc(F)cc1F. The molecule has 0 heterocycles. The van der Waals surface area contributed by atoms with E-state index in [1.54, 1.807) is 14.2 Å². The van der Waals surface area contributed by atoms with Crippen LogP contribution in [0.4, 0.5) is 8.78 Å². The summed E-state index contributed by atoms with van der Waals surface area (Å²) in [6.07, 6.45) is 1.30. The first kappa shape index (κ1) is 19.3. The Hall–Kier alpha value is -1.73. The molecule has 0 amide bonds. The molecule has 1 aromatic rings. The quantitative estimate of drug-likeness (QED) is 0.390. The maximum absolute atomic E-state index is 13.5. The first-order valence-electron chi connectivity index (χ1n) is 7.62. The predicted molar refractivity (Wildman–Crippen MR) is 86.7 cm³/mol. The third kappa shape index (κ3) is 8.47. The van der Waals surface area contributed by atoms with Crippen LogP contribution in [0.15, 0.2) is 23.2 Å². The molecule has 7 heteroatoms. The Kier molecular flexibility index (Phi) is 9.90. The fourth-order valence-electron chi connectivity index (χ4n) is 1.89. The van der Waals surface area contributed by atoms with Crippen molar-refractivity contribution < 1.29 is 18.3 Å². The normalized spacial score (nSPS) is 11.6. The van der Waals surface area contributed by atoms with Crippen LogP contribution < -0.4 is 10.6 Å². The van der Waals surface area contributed by atoms with Gasteiger partial charge in [-0.3, -0.25) is 4.99 Å². The van der Waals surface area contributed by atoms with Crippen LogP contribution in [0.25, 0.3) is 0 Å². The Morgan fingerprint density at radius 1 is 1.13 bits per heavy atom. The summed E-state index contributed by atoms with van der Waals surface area (Å²) in [6.45, 7) is 3.06. The lowest BCUT2D eigenvalue weighted by molar-refractivity contribution is 0.0698. The van der Waals surface area contributed by atoms with Crippen LogP contribution in [0.5, 0.6) is 0 Å². The summed E-state index contributed by atoms with van der Waals surface area (Å²) >= 11 is 0. The van der Waals surface area contributed by atoms with Crippen LogP contribution >= 0.6 is 0 Å². The molecule has 130 valence electrons. The van der Waals surface area contributed by atoms with E-state index in [-0.39, 0.29) is 0 Å². The van der Waals surface area contributed by atoms with Gasteiger partial charge in [-0.2, -0.15) is 0 Å². The van der Waals surface area contributed by atoms with Crippen molar-refractivity contribution in [2.45, 2.75) is 12.8 Å². The number of methoxy groups -OCH3 is 1. The summed E-state index contributed by atoms with van der Waals surface area (Å²) < 4.78 is 36.6. The first-order chi connectivity index (χ1) is 11.2. The summed E-state index contributed by atoms with van der Waals surface area (Å²) in [7, 11) is 3.31. The van der Waals surface area contributed by atoms with Crippen LogP contribution in [0.3, 0.4) is 0 Å². The number of guanidine groups is 1. The van der Waals surface area contributed by atoms with Crippen molar-refractivity contribution in [3.8, 4) is 0 Å². The highest BCUT2D eigenvalue weighted by molar-refractivity contribution is 5.79. The Labute approximate surface area is 136 Å². The lowest BCUT2D eigenvalue weighted by Crippen LogP contribution is -2.39. The molecule has 1 aromatic carbocycles. The van der Waals surface area contributed by atoms with Gasteiger partial charge in [0.15, 0.2) is 5.96 Å². The van der Waals surface area contributed by atoms with E-state index in [1.165, 1.54) is 12.1 Å². The monoisotopic (exact) mass is 329 g/mol. The fourth-order valence-corrected chi connectivity index (χ4v) is 1.89. The minimum absolute atomic E-state index is 0.451. The number of nitrogens with zero attached hydrogens (tertiary/aromatic N) is 1. The third-order valence-electron chi connectivity index (χ3n) is 3.12. The molecule has 0 aromatic heterocycles. The second-order valence-electron chi connectivity index (χ2n) is 4.87. The van der Waals surface area contributed by atoms with Crippen LogP contribution in [0, 0.1) is 11.6 Å². The highest BCUT2D eigenvalue weighted by Crippen LogP contribution is 2.09. The number of ether oxygens (including phenoxy) is 2. The number of nitrogens with one attached hydrogen (secondary N) is 2. The Morgan fingerprint density at radius 3 is 2.61 bits per heavy atom. The minimum atomic E-state index is -0.565. The smallest absolute Gasteiger partial charge is 0.190 e. The van der Waals surface area contributed by atoms with Crippen molar-refractivity contribution >= 4 is 5.96 Å². The van der Waals surface area contributed by atoms with Gasteiger partial charge in [-0.15, -0.1) is 0 Å². The van der Waals surface area contributed by atoms with Crippen LogP contribution in [-0.2, 0) is 15.9 Å². The molecular weight excluding hydrogens is 304 g/mol. The molecular formula is C16H25F2N3O2. The highest BCUT2D eigenvalue weighted by Gasteiger charge is 2.04. The number of rotatable bonds is 10. The average Bonchev–Trinajstić information content (AvgIpc) is 2.54. The maximum atomic E-state index is 13.5. The number of benzene rings is 1. The Morgan fingerprint density at radius 2 is 1.91 bits per heavy atom. The van der Waals surface area contributed by atoms with Gasteiger partial charge in [0.2, 0.25) is 0 Å². The number of aliphatic imine (C=N–C) groups is 1.